The van der Waals surface area contributed by atoms with Gasteiger partial charge in [-0.05, 0) is 65.7 Å². The third-order valence-electron chi connectivity index (χ3n) is 6.01. The van der Waals surface area contributed by atoms with Crippen molar-refractivity contribution in [2.45, 2.75) is 71.5 Å². The highest BCUT2D eigenvalue weighted by molar-refractivity contribution is 6.01. The number of nitrogens with one attached hydrogen (secondary N) is 1. The van der Waals surface area contributed by atoms with Gasteiger partial charge in [0, 0.05) is 38.3 Å². The molecule has 0 bridgehead atoms. The number of imide groups is 1. The van der Waals surface area contributed by atoms with Gasteiger partial charge >= 0.3 is 12.2 Å². The average Bonchev–Trinajstić information content (AvgIpc) is 2.80. The lowest BCUT2D eigenvalue weighted by Gasteiger charge is -2.36. The molecule has 2 aliphatic rings. The lowest BCUT2D eigenvalue weighted by Crippen LogP contribution is -2.54. The number of piperidine rings is 1. The SMILES string of the molecule is CC(C)(C)OC(=O)N1CCN(C(=O)CN(C(=O)OC(C)(C)C)c2cccc(C3CCC(=O)NC3=O)c2)CC1. The Balaban J connectivity index is 1.75. The largest absolute Gasteiger partial charge is 0.444 e. The fraction of sp³-hybridized carbons (Fsp3) is 0.593. The zero-order valence-corrected chi connectivity index (χ0v) is 23.0. The highest BCUT2D eigenvalue weighted by Crippen LogP contribution is 2.29. The van der Waals surface area contributed by atoms with Crippen LogP contribution < -0.4 is 10.2 Å². The van der Waals surface area contributed by atoms with Gasteiger partial charge in [-0.1, -0.05) is 12.1 Å². The van der Waals surface area contributed by atoms with Gasteiger partial charge in [-0.3, -0.25) is 24.6 Å². The summed E-state index contributed by atoms with van der Waals surface area (Å²) in [5.41, 5.74) is -0.361. The van der Waals surface area contributed by atoms with Gasteiger partial charge < -0.3 is 19.3 Å². The molecule has 1 aromatic rings. The molecular formula is C27H38N4O7. The lowest BCUT2D eigenvalue weighted by molar-refractivity contribution is -0.134. The number of anilines is 1. The monoisotopic (exact) mass is 530 g/mol. The number of carbonyl (C=O) groups excluding carboxylic acids is 5. The van der Waals surface area contributed by atoms with E-state index >= 15 is 0 Å². The van der Waals surface area contributed by atoms with E-state index in [0.717, 1.165) is 0 Å². The van der Waals surface area contributed by atoms with Crippen molar-refractivity contribution in [3.8, 4) is 0 Å². The van der Waals surface area contributed by atoms with E-state index < -0.39 is 29.3 Å². The summed E-state index contributed by atoms with van der Waals surface area (Å²) in [5.74, 6) is -1.54. The minimum atomic E-state index is -0.793. The van der Waals surface area contributed by atoms with Gasteiger partial charge in [-0.15, -0.1) is 0 Å². The van der Waals surface area contributed by atoms with Crippen LogP contribution in [0.3, 0.4) is 0 Å². The molecule has 38 heavy (non-hydrogen) atoms. The number of benzene rings is 1. The number of amides is 5. The summed E-state index contributed by atoms with van der Waals surface area (Å²) in [6.45, 7) is 11.6. The Hall–Kier alpha value is -3.63. The summed E-state index contributed by atoms with van der Waals surface area (Å²) in [5, 5.41) is 2.35. The smallest absolute Gasteiger partial charge is 0.415 e. The van der Waals surface area contributed by atoms with E-state index in [-0.39, 0.29) is 30.7 Å². The van der Waals surface area contributed by atoms with E-state index in [1.165, 1.54) is 4.90 Å². The van der Waals surface area contributed by atoms with E-state index in [2.05, 4.69) is 5.32 Å². The summed E-state index contributed by atoms with van der Waals surface area (Å²) < 4.78 is 11.0. The maximum Gasteiger partial charge on any atom is 0.415 e. The lowest BCUT2D eigenvalue weighted by atomic mass is 9.90. The Morgan fingerprint density at radius 2 is 1.55 bits per heavy atom. The Morgan fingerprint density at radius 3 is 2.13 bits per heavy atom. The molecule has 2 aliphatic heterocycles. The molecule has 5 amide bonds. The molecule has 0 aliphatic carbocycles. The zero-order valence-electron chi connectivity index (χ0n) is 23.0. The standard InChI is InChI=1S/C27H38N4O7/c1-26(2,3)37-24(35)30-14-12-29(13-15-30)22(33)17-31(25(36)38-27(4,5)6)19-9-7-8-18(16-19)20-10-11-21(32)28-23(20)34/h7-9,16,20H,10-15,17H2,1-6H3,(H,28,32,34). The van der Waals surface area contributed by atoms with Crippen LogP contribution in [-0.2, 0) is 23.9 Å². The summed E-state index contributed by atoms with van der Waals surface area (Å²) >= 11 is 0. The molecule has 0 aromatic heterocycles. The van der Waals surface area contributed by atoms with Gasteiger partial charge in [0.25, 0.3) is 0 Å². The Labute approximate surface area is 223 Å². The van der Waals surface area contributed by atoms with Gasteiger partial charge in [0.15, 0.2) is 0 Å². The summed E-state index contributed by atoms with van der Waals surface area (Å²) in [6, 6.07) is 6.81. The van der Waals surface area contributed by atoms with Crippen LogP contribution in [0.25, 0.3) is 0 Å². The molecule has 0 saturated carbocycles. The first-order valence-corrected chi connectivity index (χ1v) is 12.8. The number of nitrogens with zero attached hydrogens (tertiary/aromatic N) is 3. The predicted octanol–water partition coefficient (Wildman–Crippen LogP) is 3.03. The van der Waals surface area contributed by atoms with Crippen LogP contribution in [0.4, 0.5) is 15.3 Å². The minimum absolute atomic E-state index is 0.226. The van der Waals surface area contributed by atoms with Crippen LogP contribution in [0, 0.1) is 0 Å². The summed E-state index contributed by atoms with van der Waals surface area (Å²) in [4.78, 5) is 67.2. The van der Waals surface area contributed by atoms with Crippen molar-refractivity contribution >= 4 is 35.6 Å². The summed E-state index contributed by atoms with van der Waals surface area (Å²) in [7, 11) is 0. The van der Waals surface area contributed by atoms with Crippen LogP contribution in [0.2, 0.25) is 0 Å². The van der Waals surface area contributed by atoms with Crippen molar-refractivity contribution in [1.82, 2.24) is 15.1 Å². The second-order valence-electron chi connectivity index (χ2n) is 11.5. The molecule has 2 heterocycles. The van der Waals surface area contributed by atoms with Gasteiger partial charge in [0.05, 0.1) is 5.92 Å². The number of piperazine rings is 1. The highest BCUT2D eigenvalue weighted by atomic mass is 16.6. The second kappa shape index (κ2) is 11.4. The molecule has 2 fully saturated rings. The second-order valence-corrected chi connectivity index (χ2v) is 11.5. The van der Waals surface area contributed by atoms with E-state index in [9.17, 15) is 24.0 Å². The maximum absolute atomic E-state index is 13.3. The quantitative estimate of drug-likeness (QED) is 0.593. The zero-order chi connectivity index (χ0) is 28.3. The molecule has 1 aromatic carbocycles. The van der Waals surface area contributed by atoms with Crippen molar-refractivity contribution in [3.05, 3.63) is 29.8 Å². The predicted molar refractivity (Wildman–Crippen MR) is 140 cm³/mol. The van der Waals surface area contributed by atoms with Crippen LogP contribution in [0.1, 0.15) is 65.9 Å². The maximum atomic E-state index is 13.3. The van der Waals surface area contributed by atoms with Gasteiger partial charge in [-0.2, -0.15) is 0 Å². The van der Waals surface area contributed by atoms with Gasteiger partial charge in [0.1, 0.15) is 17.7 Å². The van der Waals surface area contributed by atoms with E-state index in [0.29, 0.717) is 43.9 Å². The number of hydrogen-bond donors (Lipinski definition) is 1. The van der Waals surface area contributed by atoms with Crippen LogP contribution >= 0.6 is 0 Å². The molecule has 11 nitrogen and oxygen atoms in total. The third kappa shape index (κ3) is 7.93. The normalized spacial score (nSPS) is 18.5. The first kappa shape index (κ1) is 28.9. The molecule has 3 rings (SSSR count). The average molecular weight is 531 g/mol. The van der Waals surface area contributed by atoms with Crippen molar-refractivity contribution in [2.24, 2.45) is 0 Å². The van der Waals surface area contributed by atoms with Crippen molar-refractivity contribution < 1.29 is 33.4 Å². The topological polar surface area (TPSA) is 126 Å². The molecule has 1 N–H and O–H groups in total. The van der Waals surface area contributed by atoms with E-state index in [1.807, 2.05) is 0 Å². The van der Waals surface area contributed by atoms with Crippen LogP contribution in [0.15, 0.2) is 24.3 Å². The molecule has 1 atom stereocenters. The fourth-order valence-electron chi connectivity index (χ4n) is 4.20. The number of carbonyl (C=O) groups is 5. The fourth-order valence-corrected chi connectivity index (χ4v) is 4.20. The van der Waals surface area contributed by atoms with Crippen LogP contribution in [-0.4, -0.2) is 83.6 Å². The van der Waals surface area contributed by atoms with Gasteiger partial charge in [0.2, 0.25) is 17.7 Å². The first-order valence-electron chi connectivity index (χ1n) is 12.8. The molecule has 1 unspecified atom stereocenters. The van der Waals surface area contributed by atoms with Crippen molar-refractivity contribution in [1.29, 1.82) is 0 Å². The van der Waals surface area contributed by atoms with Gasteiger partial charge in [-0.25, -0.2) is 9.59 Å². The molecule has 0 spiro atoms. The number of hydrogen-bond acceptors (Lipinski definition) is 7. The Bertz CT molecular complexity index is 1080. The van der Waals surface area contributed by atoms with Crippen molar-refractivity contribution in [2.75, 3.05) is 37.6 Å². The van der Waals surface area contributed by atoms with E-state index in [4.69, 9.17) is 9.47 Å². The Kier molecular flexibility index (Phi) is 8.68. The molecular weight excluding hydrogens is 492 g/mol. The summed E-state index contributed by atoms with van der Waals surface area (Å²) in [6.07, 6.45) is -0.533. The molecule has 208 valence electrons. The van der Waals surface area contributed by atoms with Crippen LogP contribution in [0.5, 0.6) is 0 Å². The molecule has 11 heteroatoms. The Morgan fingerprint density at radius 1 is 0.947 bits per heavy atom. The molecule has 0 radical (unpaired) electrons. The third-order valence-corrected chi connectivity index (χ3v) is 6.01. The minimum Gasteiger partial charge on any atom is -0.444 e. The first-order chi connectivity index (χ1) is 17.6. The number of ether oxygens (including phenoxy) is 2. The van der Waals surface area contributed by atoms with E-state index in [1.54, 1.807) is 75.6 Å². The molecule has 2 saturated heterocycles. The highest BCUT2D eigenvalue weighted by Gasteiger charge is 2.32. The van der Waals surface area contributed by atoms with Crippen molar-refractivity contribution in [3.63, 3.8) is 0 Å². The number of rotatable bonds is 4.